The molecule has 0 atom stereocenters. The molecule has 1 saturated carbocycles. The van der Waals surface area contributed by atoms with E-state index in [0.717, 1.165) is 22.4 Å². The first kappa shape index (κ1) is 12.7. The Morgan fingerprint density at radius 1 is 1.19 bits per heavy atom. The highest BCUT2D eigenvalue weighted by molar-refractivity contribution is 6.31. The minimum atomic E-state index is 0.637. The number of aromatic nitrogens is 2. The predicted molar refractivity (Wildman–Crippen MR) is 87.4 cm³/mol. The van der Waals surface area contributed by atoms with Crippen molar-refractivity contribution in [2.24, 2.45) is 0 Å². The zero-order valence-corrected chi connectivity index (χ0v) is 12.3. The fourth-order valence-corrected chi connectivity index (χ4v) is 3.04. The van der Waals surface area contributed by atoms with E-state index >= 15 is 0 Å². The van der Waals surface area contributed by atoms with Crippen LogP contribution in [0.5, 0.6) is 0 Å². The fourth-order valence-electron chi connectivity index (χ4n) is 2.83. The average molecular weight is 298 g/mol. The number of halogens is 1. The van der Waals surface area contributed by atoms with E-state index in [-0.39, 0.29) is 0 Å². The maximum atomic E-state index is 6.18. The molecule has 2 aromatic heterocycles. The second-order valence-corrected chi connectivity index (χ2v) is 6.03. The smallest absolute Gasteiger partial charge is 0.130 e. The summed E-state index contributed by atoms with van der Waals surface area (Å²) in [5.41, 5.74) is 3.20. The Bertz CT molecular complexity index is 790. The van der Waals surface area contributed by atoms with Crippen molar-refractivity contribution in [3.05, 3.63) is 53.3 Å². The largest absolute Gasteiger partial charge is 0.361 e. The molecule has 1 aliphatic carbocycles. The van der Waals surface area contributed by atoms with Gasteiger partial charge in [0.2, 0.25) is 0 Å². The molecular weight excluding hydrogens is 282 g/mol. The van der Waals surface area contributed by atoms with Crippen LogP contribution in [0.3, 0.4) is 0 Å². The Kier molecular flexibility index (Phi) is 3.08. The van der Waals surface area contributed by atoms with Gasteiger partial charge < -0.3 is 10.3 Å². The molecule has 106 valence electrons. The molecule has 2 N–H and O–H groups in total. The number of rotatable bonds is 3. The summed E-state index contributed by atoms with van der Waals surface area (Å²) in [6.45, 7) is 0. The molecule has 4 heteroatoms. The molecule has 0 bridgehead atoms. The number of aromatic amines is 1. The summed E-state index contributed by atoms with van der Waals surface area (Å²) in [6.07, 6.45) is 5.76. The van der Waals surface area contributed by atoms with Crippen LogP contribution in [0.1, 0.15) is 30.9 Å². The molecule has 3 aromatic rings. The first-order valence-electron chi connectivity index (χ1n) is 7.30. The number of H-pyrrole nitrogens is 1. The topological polar surface area (TPSA) is 40.7 Å². The van der Waals surface area contributed by atoms with Gasteiger partial charge in [-0.05, 0) is 43.2 Å². The Morgan fingerprint density at radius 2 is 2.10 bits per heavy atom. The summed E-state index contributed by atoms with van der Waals surface area (Å²) >= 11 is 6.18. The Hall–Kier alpha value is -2.00. The quantitative estimate of drug-likeness (QED) is 0.695. The van der Waals surface area contributed by atoms with Crippen LogP contribution in [0.2, 0.25) is 5.02 Å². The first-order chi connectivity index (χ1) is 10.3. The predicted octanol–water partition coefficient (Wildman–Crippen LogP) is 5.23. The van der Waals surface area contributed by atoms with Crippen molar-refractivity contribution in [1.29, 1.82) is 0 Å². The molecule has 2 heterocycles. The van der Waals surface area contributed by atoms with Crippen LogP contribution in [-0.2, 0) is 0 Å². The van der Waals surface area contributed by atoms with Crippen molar-refractivity contribution >= 4 is 34.0 Å². The van der Waals surface area contributed by atoms with E-state index in [2.05, 4.69) is 22.4 Å². The molecule has 1 aliphatic rings. The van der Waals surface area contributed by atoms with Crippen LogP contribution in [0.4, 0.5) is 11.5 Å². The normalized spacial score (nSPS) is 15.1. The van der Waals surface area contributed by atoms with E-state index in [0.29, 0.717) is 10.9 Å². The molecule has 0 spiro atoms. The Morgan fingerprint density at radius 3 is 2.90 bits per heavy atom. The van der Waals surface area contributed by atoms with E-state index in [1.807, 2.05) is 30.5 Å². The van der Waals surface area contributed by atoms with Crippen molar-refractivity contribution in [3.63, 3.8) is 0 Å². The van der Waals surface area contributed by atoms with Crippen LogP contribution in [0, 0.1) is 0 Å². The molecule has 3 nitrogen and oxygen atoms in total. The van der Waals surface area contributed by atoms with Crippen LogP contribution in [0.15, 0.2) is 42.6 Å². The summed E-state index contributed by atoms with van der Waals surface area (Å²) in [6, 6.07) is 12.1. The van der Waals surface area contributed by atoms with E-state index in [4.69, 9.17) is 16.6 Å². The van der Waals surface area contributed by atoms with Gasteiger partial charge in [0.15, 0.2) is 0 Å². The number of anilines is 2. The van der Waals surface area contributed by atoms with E-state index in [1.165, 1.54) is 25.0 Å². The fraction of sp³-hybridized carbons (Fsp3) is 0.235. The van der Waals surface area contributed by atoms with E-state index in [9.17, 15) is 0 Å². The minimum Gasteiger partial charge on any atom is -0.361 e. The summed E-state index contributed by atoms with van der Waals surface area (Å²) in [4.78, 5) is 7.94. The third kappa shape index (κ3) is 2.38. The number of nitrogens with zero attached hydrogens (tertiary/aromatic N) is 1. The van der Waals surface area contributed by atoms with Crippen molar-refractivity contribution < 1.29 is 0 Å². The van der Waals surface area contributed by atoms with E-state index in [1.54, 1.807) is 0 Å². The third-order valence-electron chi connectivity index (χ3n) is 4.19. The number of fused-ring (bicyclic) bond motifs is 1. The maximum absolute atomic E-state index is 6.18. The molecule has 0 aliphatic heterocycles. The van der Waals surface area contributed by atoms with Gasteiger partial charge in [0.05, 0.1) is 5.69 Å². The average Bonchev–Trinajstić information content (AvgIpc) is 2.85. The molecular formula is C17H16ClN3. The number of nitrogens with one attached hydrogen (secondary N) is 2. The van der Waals surface area contributed by atoms with Crippen LogP contribution in [-0.4, -0.2) is 9.97 Å². The van der Waals surface area contributed by atoms with Crippen LogP contribution in [0.25, 0.3) is 10.9 Å². The van der Waals surface area contributed by atoms with Gasteiger partial charge in [-0.25, -0.2) is 4.98 Å². The highest BCUT2D eigenvalue weighted by Gasteiger charge is 2.20. The number of hydrogen-bond acceptors (Lipinski definition) is 2. The molecule has 1 fully saturated rings. The lowest BCUT2D eigenvalue weighted by atomic mass is 9.83. The zero-order valence-electron chi connectivity index (χ0n) is 11.6. The second-order valence-electron chi connectivity index (χ2n) is 5.59. The Labute approximate surface area is 128 Å². The SMILES string of the molecule is Clc1cc(Nc2cccc(C3CCC3)n2)c2cc[nH]c2c1. The number of hydrogen-bond donors (Lipinski definition) is 2. The van der Waals surface area contributed by atoms with Crippen molar-refractivity contribution in [3.8, 4) is 0 Å². The lowest BCUT2D eigenvalue weighted by Gasteiger charge is -2.25. The summed E-state index contributed by atoms with van der Waals surface area (Å²) in [5, 5.41) is 5.23. The third-order valence-corrected chi connectivity index (χ3v) is 4.41. The standard InChI is InChI=1S/C17H16ClN3/c18-12-9-15-13(7-8-19-15)16(10-12)21-17-6-2-5-14(20-17)11-3-1-4-11/h2,5-11,19H,1,3-4H2,(H,20,21). The summed E-state index contributed by atoms with van der Waals surface area (Å²) in [7, 11) is 0. The summed E-state index contributed by atoms with van der Waals surface area (Å²) < 4.78 is 0. The van der Waals surface area contributed by atoms with Gasteiger partial charge in [0, 0.05) is 33.7 Å². The lowest BCUT2D eigenvalue weighted by Crippen LogP contribution is -2.11. The van der Waals surface area contributed by atoms with Gasteiger partial charge in [0.1, 0.15) is 5.82 Å². The summed E-state index contributed by atoms with van der Waals surface area (Å²) in [5.74, 6) is 1.52. The number of benzene rings is 1. The molecule has 0 amide bonds. The molecule has 1 aromatic carbocycles. The first-order valence-corrected chi connectivity index (χ1v) is 7.68. The van der Waals surface area contributed by atoms with Gasteiger partial charge in [-0.15, -0.1) is 0 Å². The van der Waals surface area contributed by atoms with Gasteiger partial charge in [-0.3, -0.25) is 0 Å². The lowest BCUT2D eigenvalue weighted by molar-refractivity contribution is 0.411. The van der Waals surface area contributed by atoms with Gasteiger partial charge >= 0.3 is 0 Å². The monoisotopic (exact) mass is 297 g/mol. The van der Waals surface area contributed by atoms with Crippen molar-refractivity contribution in [2.75, 3.05) is 5.32 Å². The Balaban J connectivity index is 1.69. The number of pyridine rings is 1. The second kappa shape index (κ2) is 5.08. The molecule has 21 heavy (non-hydrogen) atoms. The highest BCUT2D eigenvalue weighted by Crippen LogP contribution is 2.36. The zero-order chi connectivity index (χ0) is 14.2. The van der Waals surface area contributed by atoms with Crippen molar-refractivity contribution in [1.82, 2.24) is 9.97 Å². The molecule has 0 radical (unpaired) electrons. The van der Waals surface area contributed by atoms with Crippen LogP contribution >= 0.6 is 11.6 Å². The van der Waals surface area contributed by atoms with Gasteiger partial charge in [-0.1, -0.05) is 24.1 Å². The molecule has 0 saturated heterocycles. The molecule has 0 unspecified atom stereocenters. The van der Waals surface area contributed by atoms with Crippen LogP contribution < -0.4 is 5.32 Å². The van der Waals surface area contributed by atoms with Gasteiger partial charge in [0.25, 0.3) is 0 Å². The minimum absolute atomic E-state index is 0.637. The molecule has 4 rings (SSSR count). The van der Waals surface area contributed by atoms with Gasteiger partial charge in [-0.2, -0.15) is 0 Å². The maximum Gasteiger partial charge on any atom is 0.130 e. The van der Waals surface area contributed by atoms with Crippen molar-refractivity contribution in [2.45, 2.75) is 25.2 Å². The van der Waals surface area contributed by atoms with E-state index < -0.39 is 0 Å². The highest BCUT2D eigenvalue weighted by atomic mass is 35.5.